The first kappa shape index (κ1) is 36.6. The molecule has 0 aromatic heterocycles. The van der Waals surface area contributed by atoms with Crippen molar-refractivity contribution < 1.29 is 42.2 Å². The van der Waals surface area contributed by atoms with Crippen molar-refractivity contribution >= 4 is 47.1 Å². The van der Waals surface area contributed by atoms with Crippen LogP contribution in [0.15, 0.2) is 48.5 Å². The van der Waals surface area contributed by atoms with Gasteiger partial charge in [0.2, 0.25) is 0 Å². The number of carbonyl (C=O) groups excluding carboxylic acids is 3. The molecule has 0 bridgehead atoms. The number of alkyl halides is 3. The first-order valence-corrected chi connectivity index (χ1v) is 14.3. The van der Waals surface area contributed by atoms with Gasteiger partial charge in [-0.15, -0.1) is 0 Å². The molecule has 2 fully saturated rings. The quantitative estimate of drug-likeness (QED) is 0.462. The van der Waals surface area contributed by atoms with Crippen molar-refractivity contribution in [1.82, 2.24) is 20.0 Å². The molecule has 0 saturated carbocycles. The lowest BCUT2D eigenvalue weighted by atomic mass is 10.2. The summed E-state index contributed by atoms with van der Waals surface area (Å²) in [4.78, 5) is 50.5. The van der Waals surface area contributed by atoms with Crippen LogP contribution in [0.1, 0.15) is 41.5 Å². The van der Waals surface area contributed by atoms with E-state index in [4.69, 9.17) is 37.8 Å². The minimum atomic E-state index is -5.08. The number of amides is 3. The number of halogens is 5. The number of nitrogens with zero attached hydrogens (tertiary/aromatic N) is 3. The predicted molar refractivity (Wildman–Crippen MR) is 159 cm³/mol. The van der Waals surface area contributed by atoms with E-state index < -0.39 is 17.7 Å². The SMILES string of the molecule is CC(C)(C)OC(=O)N1CCN(C(=O)c2cccc(Cl)c2)CC1.O=C(O)C(F)(F)F.O=C(c1cccc(Cl)c1)N1CCNCC1. The highest BCUT2D eigenvalue weighted by molar-refractivity contribution is 6.31. The summed E-state index contributed by atoms with van der Waals surface area (Å²) >= 11 is 11.8. The van der Waals surface area contributed by atoms with Gasteiger partial charge in [0.15, 0.2) is 0 Å². The van der Waals surface area contributed by atoms with Crippen LogP contribution in [0.2, 0.25) is 10.0 Å². The summed E-state index contributed by atoms with van der Waals surface area (Å²) in [5, 5.41) is 11.5. The zero-order chi connectivity index (χ0) is 33.1. The van der Waals surface area contributed by atoms with Gasteiger partial charge < -0.3 is 29.9 Å². The number of carboxylic acids is 1. The molecule has 0 atom stereocenters. The molecule has 0 unspecified atom stereocenters. The van der Waals surface area contributed by atoms with Crippen LogP contribution in [-0.4, -0.2) is 108 Å². The molecule has 2 N–H and O–H groups in total. The standard InChI is InChI=1S/C16H21ClN2O3.C11H13ClN2O.C2HF3O2/c1-16(2,3)22-15(21)19-9-7-18(8-10-19)14(20)12-5-4-6-13(17)11-12;12-10-3-1-2-9(8-10)11(15)14-6-4-13-5-7-14;3-2(4,5)1(6)7/h4-6,11H,7-10H2,1-3H3;1-3,8,13H,4-7H2;(H,6,7). The summed E-state index contributed by atoms with van der Waals surface area (Å²) < 4.78 is 37.1. The maximum Gasteiger partial charge on any atom is 0.490 e. The molecule has 15 heteroatoms. The Morgan fingerprint density at radius 3 is 1.50 bits per heavy atom. The van der Waals surface area contributed by atoms with Gasteiger partial charge in [-0.05, 0) is 57.2 Å². The zero-order valence-electron chi connectivity index (χ0n) is 24.5. The molecule has 2 aromatic carbocycles. The number of ether oxygens (including phenoxy) is 1. The second-order valence-electron chi connectivity index (χ2n) is 10.6. The van der Waals surface area contributed by atoms with Gasteiger partial charge in [-0.25, -0.2) is 9.59 Å². The molecule has 44 heavy (non-hydrogen) atoms. The Morgan fingerprint density at radius 1 is 0.750 bits per heavy atom. The molecule has 10 nitrogen and oxygen atoms in total. The molecule has 2 heterocycles. The first-order valence-electron chi connectivity index (χ1n) is 13.6. The highest BCUT2D eigenvalue weighted by Crippen LogP contribution is 2.17. The number of hydrogen-bond acceptors (Lipinski definition) is 6. The second-order valence-corrected chi connectivity index (χ2v) is 11.5. The predicted octanol–water partition coefficient (Wildman–Crippen LogP) is 5.05. The third kappa shape index (κ3) is 12.6. The van der Waals surface area contributed by atoms with E-state index in [-0.39, 0.29) is 17.9 Å². The number of piperazine rings is 2. The topological polar surface area (TPSA) is 119 Å². The maximum absolute atomic E-state index is 12.4. The zero-order valence-corrected chi connectivity index (χ0v) is 26.0. The van der Waals surface area contributed by atoms with Crippen LogP contribution < -0.4 is 5.32 Å². The summed E-state index contributed by atoms with van der Waals surface area (Å²) in [5.74, 6) is -2.75. The lowest BCUT2D eigenvalue weighted by Gasteiger charge is -2.35. The Kier molecular flexibility index (Phi) is 13.7. The molecule has 2 aliphatic rings. The van der Waals surface area contributed by atoms with E-state index in [9.17, 15) is 27.6 Å². The smallest absolute Gasteiger partial charge is 0.475 e. The van der Waals surface area contributed by atoms with Gasteiger partial charge in [0.05, 0.1) is 0 Å². The average Bonchev–Trinajstić information content (AvgIpc) is 2.96. The Labute approximate surface area is 263 Å². The fourth-order valence-electron chi connectivity index (χ4n) is 3.89. The summed E-state index contributed by atoms with van der Waals surface area (Å²) in [6.07, 6.45) is -5.41. The summed E-state index contributed by atoms with van der Waals surface area (Å²) in [6.45, 7) is 10.7. The third-order valence-electron chi connectivity index (χ3n) is 6.01. The Balaban J connectivity index is 0.000000264. The molecule has 4 rings (SSSR count). The van der Waals surface area contributed by atoms with Crippen LogP contribution in [-0.2, 0) is 9.53 Å². The largest absolute Gasteiger partial charge is 0.490 e. The van der Waals surface area contributed by atoms with Crippen molar-refractivity contribution in [2.45, 2.75) is 32.5 Å². The van der Waals surface area contributed by atoms with E-state index in [0.717, 1.165) is 26.2 Å². The van der Waals surface area contributed by atoms with Crippen molar-refractivity contribution in [1.29, 1.82) is 0 Å². The lowest BCUT2D eigenvalue weighted by molar-refractivity contribution is -0.192. The van der Waals surface area contributed by atoms with Crippen molar-refractivity contribution in [3.05, 3.63) is 69.7 Å². The Bertz CT molecular complexity index is 1290. The van der Waals surface area contributed by atoms with Gasteiger partial charge in [-0.1, -0.05) is 35.3 Å². The molecular formula is C29H35Cl2F3N4O6. The van der Waals surface area contributed by atoms with Crippen LogP contribution in [0, 0.1) is 0 Å². The Morgan fingerprint density at radius 2 is 1.14 bits per heavy atom. The number of nitrogens with one attached hydrogen (secondary N) is 1. The fourth-order valence-corrected chi connectivity index (χ4v) is 4.28. The minimum absolute atomic E-state index is 0.0636. The first-order chi connectivity index (χ1) is 20.5. The normalized spacial score (nSPS) is 15.2. The van der Waals surface area contributed by atoms with Crippen LogP contribution in [0.3, 0.4) is 0 Å². The van der Waals surface area contributed by atoms with E-state index in [1.807, 2.05) is 25.7 Å². The van der Waals surface area contributed by atoms with Crippen molar-refractivity contribution in [2.24, 2.45) is 0 Å². The van der Waals surface area contributed by atoms with E-state index in [2.05, 4.69) is 5.32 Å². The number of carboxylic acid groups (broad SMARTS) is 1. The Hall–Kier alpha value is -3.55. The molecule has 3 amide bonds. The molecule has 2 aromatic rings. The molecule has 242 valence electrons. The van der Waals surface area contributed by atoms with E-state index >= 15 is 0 Å². The highest BCUT2D eigenvalue weighted by atomic mass is 35.5. The molecular weight excluding hydrogens is 628 g/mol. The maximum atomic E-state index is 12.4. The molecule has 0 radical (unpaired) electrons. The lowest BCUT2D eigenvalue weighted by Crippen LogP contribution is -2.51. The van der Waals surface area contributed by atoms with Crippen LogP contribution in [0.4, 0.5) is 18.0 Å². The van der Waals surface area contributed by atoms with Crippen LogP contribution in [0.25, 0.3) is 0 Å². The summed E-state index contributed by atoms with van der Waals surface area (Å²) in [5.41, 5.74) is 0.729. The van der Waals surface area contributed by atoms with Crippen molar-refractivity contribution in [2.75, 3.05) is 52.4 Å². The molecule has 2 aliphatic heterocycles. The monoisotopic (exact) mass is 662 g/mol. The molecule has 2 saturated heterocycles. The van der Waals surface area contributed by atoms with Gasteiger partial charge in [0.25, 0.3) is 11.8 Å². The number of hydrogen-bond donors (Lipinski definition) is 2. The van der Waals surface area contributed by atoms with Gasteiger partial charge in [0.1, 0.15) is 5.60 Å². The van der Waals surface area contributed by atoms with Crippen molar-refractivity contribution in [3.63, 3.8) is 0 Å². The summed E-state index contributed by atoms with van der Waals surface area (Å²) in [6, 6.07) is 14.0. The van der Waals surface area contributed by atoms with Crippen LogP contribution in [0.5, 0.6) is 0 Å². The van der Waals surface area contributed by atoms with Crippen LogP contribution >= 0.6 is 23.2 Å². The number of aliphatic carboxylic acids is 1. The third-order valence-corrected chi connectivity index (χ3v) is 6.48. The number of benzene rings is 2. The second kappa shape index (κ2) is 16.5. The van der Waals surface area contributed by atoms with E-state index in [1.54, 1.807) is 58.3 Å². The average molecular weight is 664 g/mol. The van der Waals surface area contributed by atoms with Gasteiger partial charge >= 0.3 is 18.2 Å². The fraction of sp³-hybridized carbons (Fsp3) is 0.448. The van der Waals surface area contributed by atoms with Gasteiger partial charge in [-0.2, -0.15) is 13.2 Å². The van der Waals surface area contributed by atoms with E-state index in [0.29, 0.717) is 47.4 Å². The number of rotatable bonds is 2. The molecule has 0 aliphatic carbocycles. The van der Waals surface area contributed by atoms with Gasteiger partial charge in [-0.3, -0.25) is 9.59 Å². The summed E-state index contributed by atoms with van der Waals surface area (Å²) in [7, 11) is 0. The van der Waals surface area contributed by atoms with Crippen molar-refractivity contribution in [3.8, 4) is 0 Å². The highest BCUT2D eigenvalue weighted by Gasteiger charge is 2.38. The minimum Gasteiger partial charge on any atom is -0.475 e. The molecule has 0 spiro atoms. The van der Waals surface area contributed by atoms with E-state index in [1.165, 1.54) is 0 Å². The number of carbonyl (C=O) groups is 4. The van der Waals surface area contributed by atoms with Gasteiger partial charge in [0, 0.05) is 73.5 Å².